The van der Waals surface area contributed by atoms with Gasteiger partial charge in [0.25, 0.3) is 0 Å². The highest BCUT2D eigenvalue weighted by Crippen LogP contribution is 2.23. The fourth-order valence-corrected chi connectivity index (χ4v) is 1.58. The molecule has 0 aliphatic heterocycles. The van der Waals surface area contributed by atoms with Gasteiger partial charge in [-0.2, -0.15) is 0 Å². The summed E-state index contributed by atoms with van der Waals surface area (Å²) in [5, 5.41) is 0. The van der Waals surface area contributed by atoms with Gasteiger partial charge in [-0.05, 0) is 37.1 Å². The van der Waals surface area contributed by atoms with Crippen molar-refractivity contribution in [3.05, 3.63) is 29.6 Å². The topological polar surface area (TPSA) is 61.3 Å². The number of hydrogen-bond donors (Lipinski definition) is 2. The Morgan fingerprint density at radius 1 is 1.38 bits per heavy atom. The first-order chi connectivity index (χ1) is 7.69. The maximum atomic E-state index is 13.2. The predicted molar refractivity (Wildman–Crippen MR) is 62.8 cm³/mol. The summed E-state index contributed by atoms with van der Waals surface area (Å²) in [6, 6.07) is 4.66. The smallest absolute Gasteiger partial charge is 0.165 e. The summed E-state index contributed by atoms with van der Waals surface area (Å²) >= 11 is 0. The molecule has 1 rings (SSSR count). The molecule has 0 bridgehead atoms. The molecule has 0 aliphatic rings. The summed E-state index contributed by atoms with van der Waals surface area (Å²) in [4.78, 5) is 0. The van der Waals surface area contributed by atoms with Crippen molar-refractivity contribution in [1.29, 1.82) is 0 Å². The Bertz CT molecular complexity index is 331. The highest BCUT2D eigenvalue weighted by Gasteiger charge is 2.09. The third-order valence-corrected chi connectivity index (χ3v) is 2.57. The lowest BCUT2D eigenvalue weighted by molar-refractivity contribution is 0.385. The number of rotatable bonds is 6. The van der Waals surface area contributed by atoms with Crippen molar-refractivity contribution in [1.82, 2.24) is 0 Å². The quantitative estimate of drug-likeness (QED) is 0.729. The minimum atomic E-state index is -0.361. The van der Waals surface area contributed by atoms with E-state index in [4.69, 9.17) is 16.2 Å². The molecule has 0 unspecified atom stereocenters. The van der Waals surface area contributed by atoms with Crippen LogP contribution in [0, 0.1) is 5.82 Å². The molecule has 0 aromatic heterocycles. The van der Waals surface area contributed by atoms with Gasteiger partial charge in [0, 0.05) is 6.04 Å². The monoisotopic (exact) mass is 226 g/mol. The molecule has 0 spiro atoms. The fourth-order valence-electron chi connectivity index (χ4n) is 1.58. The Kier molecular flexibility index (Phi) is 5.22. The first-order valence-corrected chi connectivity index (χ1v) is 5.48. The molecular weight excluding hydrogens is 207 g/mol. The van der Waals surface area contributed by atoms with Crippen molar-refractivity contribution in [2.45, 2.75) is 25.3 Å². The number of ether oxygens (including phenoxy) is 1. The summed E-state index contributed by atoms with van der Waals surface area (Å²) in [5.74, 6) is -0.118. The molecule has 1 aromatic carbocycles. The minimum absolute atomic E-state index is 0.0824. The summed E-state index contributed by atoms with van der Waals surface area (Å²) in [6.07, 6.45) is 2.80. The zero-order chi connectivity index (χ0) is 12.0. The van der Waals surface area contributed by atoms with Crippen LogP contribution in [0.5, 0.6) is 5.75 Å². The predicted octanol–water partition coefficient (Wildman–Crippen LogP) is 1.96. The Morgan fingerprint density at radius 2 is 2.12 bits per heavy atom. The maximum Gasteiger partial charge on any atom is 0.165 e. The van der Waals surface area contributed by atoms with E-state index in [0.717, 1.165) is 24.8 Å². The van der Waals surface area contributed by atoms with Gasteiger partial charge in [-0.3, -0.25) is 0 Å². The summed E-state index contributed by atoms with van der Waals surface area (Å²) < 4.78 is 18.1. The average Bonchev–Trinajstić information content (AvgIpc) is 2.30. The van der Waals surface area contributed by atoms with E-state index in [1.54, 1.807) is 12.1 Å². The third-order valence-electron chi connectivity index (χ3n) is 2.57. The molecule has 0 fully saturated rings. The van der Waals surface area contributed by atoms with Crippen molar-refractivity contribution >= 4 is 0 Å². The molecule has 0 aliphatic carbocycles. The Labute approximate surface area is 95.6 Å². The average molecular weight is 226 g/mol. The van der Waals surface area contributed by atoms with Gasteiger partial charge in [-0.15, -0.1) is 0 Å². The van der Waals surface area contributed by atoms with Crippen LogP contribution in [0.3, 0.4) is 0 Å². The van der Waals surface area contributed by atoms with E-state index >= 15 is 0 Å². The van der Waals surface area contributed by atoms with E-state index in [1.165, 1.54) is 13.2 Å². The Hall–Kier alpha value is -1.13. The molecule has 0 saturated heterocycles. The molecule has 3 nitrogen and oxygen atoms in total. The third kappa shape index (κ3) is 3.47. The second-order valence-corrected chi connectivity index (χ2v) is 3.78. The van der Waals surface area contributed by atoms with Gasteiger partial charge in [0.1, 0.15) is 0 Å². The summed E-state index contributed by atoms with van der Waals surface area (Å²) in [7, 11) is 1.45. The molecule has 4 N–H and O–H groups in total. The number of unbranched alkanes of at least 4 members (excludes halogenated alkanes) is 1. The van der Waals surface area contributed by atoms with Gasteiger partial charge < -0.3 is 16.2 Å². The molecule has 16 heavy (non-hydrogen) atoms. The van der Waals surface area contributed by atoms with Crippen LogP contribution in [0.4, 0.5) is 4.39 Å². The highest BCUT2D eigenvalue weighted by atomic mass is 19.1. The molecule has 1 atom stereocenters. The van der Waals surface area contributed by atoms with Gasteiger partial charge in [-0.1, -0.05) is 12.5 Å². The van der Waals surface area contributed by atoms with Gasteiger partial charge in [0.2, 0.25) is 0 Å². The van der Waals surface area contributed by atoms with Crippen LogP contribution in [0.15, 0.2) is 18.2 Å². The maximum absolute atomic E-state index is 13.2. The lowest BCUT2D eigenvalue weighted by atomic mass is 10.0. The first kappa shape index (κ1) is 12.9. The Balaban J connectivity index is 2.64. The lowest BCUT2D eigenvalue weighted by Gasteiger charge is -2.13. The number of benzene rings is 1. The molecule has 1 aromatic rings. The molecule has 90 valence electrons. The van der Waals surface area contributed by atoms with Crippen molar-refractivity contribution in [2.24, 2.45) is 11.5 Å². The fraction of sp³-hybridized carbons (Fsp3) is 0.500. The highest BCUT2D eigenvalue weighted by molar-refractivity contribution is 5.31. The van der Waals surface area contributed by atoms with Crippen LogP contribution < -0.4 is 16.2 Å². The molecular formula is C12H19FN2O. The molecule has 0 heterocycles. The van der Waals surface area contributed by atoms with Gasteiger partial charge in [0.15, 0.2) is 11.6 Å². The van der Waals surface area contributed by atoms with Crippen molar-refractivity contribution in [2.75, 3.05) is 13.7 Å². The second-order valence-electron chi connectivity index (χ2n) is 3.78. The van der Waals surface area contributed by atoms with Crippen LogP contribution in [-0.4, -0.2) is 13.7 Å². The van der Waals surface area contributed by atoms with Gasteiger partial charge in [0.05, 0.1) is 7.11 Å². The molecule has 0 amide bonds. The van der Waals surface area contributed by atoms with Crippen LogP contribution in [0.1, 0.15) is 30.9 Å². The number of methoxy groups -OCH3 is 1. The number of hydrogen-bond acceptors (Lipinski definition) is 3. The minimum Gasteiger partial charge on any atom is -0.494 e. The lowest BCUT2D eigenvalue weighted by Crippen LogP contribution is -2.11. The van der Waals surface area contributed by atoms with Crippen LogP contribution in [-0.2, 0) is 0 Å². The van der Waals surface area contributed by atoms with E-state index < -0.39 is 0 Å². The zero-order valence-corrected chi connectivity index (χ0v) is 9.58. The van der Waals surface area contributed by atoms with E-state index in [0.29, 0.717) is 6.54 Å². The van der Waals surface area contributed by atoms with E-state index in [-0.39, 0.29) is 17.6 Å². The van der Waals surface area contributed by atoms with Gasteiger partial charge in [-0.25, -0.2) is 4.39 Å². The number of halogens is 1. The largest absolute Gasteiger partial charge is 0.494 e. The first-order valence-electron chi connectivity index (χ1n) is 5.48. The van der Waals surface area contributed by atoms with E-state index in [2.05, 4.69) is 0 Å². The van der Waals surface area contributed by atoms with Crippen LogP contribution >= 0.6 is 0 Å². The molecule has 0 saturated carbocycles. The van der Waals surface area contributed by atoms with Crippen LogP contribution in [0.2, 0.25) is 0 Å². The summed E-state index contributed by atoms with van der Waals surface area (Å²) in [6.45, 7) is 0.680. The van der Waals surface area contributed by atoms with Gasteiger partial charge >= 0.3 is 0 Å². The van der Waals surface area contributed by atoms with Crippen LogP contribution in [0.25, 0.3) is 0 Å². The Morgan fingerprint density at radius 3 is 2.75 bits per heavy atom. The zero-order valence-electron chi connectivity index (χ0n) is 9.58. The normalized spacial score (nSPS) is 12.5. The van der Waals surface area contributed by atoms with Crippen molar-refractivity contribution in [3.8, 4) is 5.75 Å². The standard InChI is InChI=1S/C12H19FN2O/c1-16-12-8-9(5-6-10(12)13)11(15)4-2-3-7-14/h5-6,8,11H,2-4,7,14-15H2,1H3/t11-/m1/s1. The second kappa shape index (κ2) is 6.45. The summed E-state index contributed by atoms with van der Waals surface area (Å²) in [5.41, 5.74) is 12.3. The molecule has 4 heteroatoms. The molecule has 0 radical (unpaired) electrons. The van der Waals surface area contributed by atoms with E-state index in [1.807, 2.05) is 0 Å². The van der Waals surface area contributed by atoms with Crippen molar-refractivity contribution < 1.29 is 9.13 Å². The van der Waals surface area contributed by atoms with E-state index in [9.17, 15) is 4.39 Å². The SMILES string of the molecule is COc1cc([C@H](N)CCCCN)ccc1F. The number of nitrogens with two attached hydrogens (primary N) is 2. The van der Waals surface area contributed by atoms with Crippen molar-refractivity contribution in [3.63, 3.8) is 0 Å².